The van der Waals surface area contributed by atoms with Gasteiger partial charge in [-0.15, -0.1) is 0 Å². The highest BCUT2D eigenvalue weighted by molar-refractivity contribution is 9.09. The van der Waals surface area contributed by atoms with E-state index in [9.17, 15) is 14.1 Å². The van der Waals surface area contributed by atoms with E-state index in [1.807, 2.05) is 0 Å². The van der Waals surface area contributed by atoms with Crippen molar-refractivity contribution in [3.8, 4) is 23.0 Å². The molecule has 2 heterocycles. The molecule has 2 atom stereocenters. The van der Waals surface area contributed by atoms with Gasteiger partial charge >= 0.3 is 5.97 Å². The molecule has 0 spiro atoms. The third-order valence-electron chi connectivity index (χ3n) is 2.92. The van der Waals surface area contributed by atoms with E-state index in [1.54, 1.807) is 18.2 Å². The number of esters is 1. The highest BCUT2D eigenvalue weighted by Gasteiger charge is 2.28. The monoisotopic (exact) mass is 418 g/mol. The molecular weight excluding hydrogens is 404 g/mol. The van der Waals surface area contributed by atoms with Gasteiger partial charge in [-0.1, -0.05) is 22.0 Å². The highest BCUT2D eigenvalue weighted by Crippen LogP contribution is 2.47. The summed E-state index contributed by atoms with van der Waals surface area (Å²) in [5.74, 6) is -0.787. The predicted octanol–water partition coefficient (Wildman–Crippen LogP) is 2.52. The first-order valence-corrected chi connectivity index (χ1v) is 8.86. The number of aromatic nitrogens is 1. The lowest BCUT2D eigenvalue weighted by atomic mass is 10.2. The lowest BCUT2D eigenvalue weighted by Gasteiger charge is -2.08. The summed E-state index contributed by atoms with van der Waals surface area (Å²) in [6.07, 6.45) is 1.88. The summed E-state index contributed by atoms with van der Waals surface area (Å²) in [6.45, 7) is 1.40. The second kappa shape index (κ2) is 8.38. The van der Waals surface area contributed by atoms with Gasteiger partial charge in [-0.25, -0.2) is 8.93 Å². The molecule has 8 nitrogen and oxygen atoms in total. The first kappa shape index (κ1) is 18.6. The van der Waals surface area contributed by atoms with E-state index in [1.165, 1.54) is 13.1 Å². The minimum absolute atomic E-state index is 0.0741. The number of pyridine rings is 1. The van der Waals surface area contributed by atoms with Crippen LogP contribution in [-0.2, 0) is 16.1 Å². The zero-order valence-electron chi connectivity index (χ0n) is 12.6. The molecule has 2 rings (SSSR count). The van der Waals surface area contributed by atoms with Crippen molar-refractivity contribution in [2.75, 3.05) is 6.54 Å². The lowest BCUT2D eigenvalue weighted by molar-refractivity contribution is -0.132. The van der Waals surface area contributed by atoms with Crippen LogP contribution in [-0.4, -0.2) is 31.4 Å². The number of furan rings is 1. The summed E-state index contributed by atoms with van der Waals surface area (Å²) in [5, 5.41) is 10.3. The number of nitrogens with zero attached hydrogens (tertiary/aromatic N) is 1. The van der Waals surface area contributed by atoms with Gasteiger partial charge in [0.15, 0.2) is 11.5 Å². The number of hydrogen-bond acceptors (Lipinski definition) is 6. The molecular formula is C14H15BrN2O6S. The van der Waals surface area contributed by atoms with Crippen LogP contribution in [0.25, 0.3) is 11.5 Å². The van der Waals surface area contributed by atoms with Gasteiger partial charge in [0.25, 0.3) is 0 Å². The Bertz CT molecular complexity index is 736. The molecule has 0 aromatic carbocycles. The van der Waals surface area contributed by atoms with Gasteiger partial charge < -0.3 is 14.3 Å². The number of carbonyl (C=O) groups is 1. The number of rotatable bonds is 7. The van der Waals surface area contributed by atoms with Gasteiger partial charge in [-0.05, 0) is 18.6 Å². The number of aromatic hydroxyl groups is 1. The molecule has 0 aliphatic carbocycles. The van der Waals surface area contributed by atoms with E-state index in [0.29, 0.717) is 12.1 Å². The van der Waals surface area contributed by atoms with Crippen LogP contribution >= 0.6 is 15.9 Å². The third kappa shape index (κ3) is 4.63. The van der Waals surface area contributed by atoms with Crippen LogP contribution < -0.4 is 9.46 Å². The molecule has 0 bridgehead atoms. The summed E-state index contributed by atoms with van der Waals surface area (Å²) >= 11 is 1.23. The Morgan fingerprint density at radius 1 is 1.54 bits per heavy atom. The summed E-state index contributed by atoms with van der Waals surface area (Å²) < 4.78 is 32.4. The van der Waals surface area contributed by atoms with Gasteiger partial charge in [0.2, 0.25) is 22.8 Å². The summed E-state index contributed by atoms with van der Waals surface area (Å²) in [7, 11) is 0. The second-order valence-corrected chi connectivity index (χ2v) is 6.57. The Balaban J connectivity index is 2.34. The Kier molecular flexibility index (Phi) is 6.49. The van der Waals surface area contributed by atoms with Gasteiger partial charge in [0, 0.05) is 19.7 Å². The molecule has 3 N–H and O–H groups in total. The van der Waals surface area contributed by atoms with E-state index in [4.69, 9.17) is 13.7 Å². The maximum atomic E-state index is 11.3. The summed E-state index contributed by atoms with van der Waals surface area (Å²) in [6, 6.07) is 5.08. The van der Waals surface area contributed by atoms with Crippen molar-refractivity contribution in [1.29, 1.82) is 0 Å². The Morgan fingerprint density at radius 2 is 2.29 bits per heavy atom. The maximum absolute atomic E-state index is 11.3. The zero-order chi connectivity index (χ0) is 17.7. The average Bonchev–Trinajstić information content (AvgIpc) is 2.84. The molecule has 0 saturated carbocycles. The SMILES string of the molecule is CC(=O)Oc1c(C(Br)CCNS(=O)O)oc(-c2ccccn2)c1O. The minimum Gasteiger partial charge on any atom is -0.502 e. The fourth-order valence-corrected chi connectivity index (χ4v) is 2.77. The van der Waals surface area contributed by atoms with Crippen molar-refractivity contribution in [3.63, 3.8) is 0 Å². The highest BCUT2D eigenvalue weighted by atomic mass is 79.9. The fraction of sp³-hybridized carbons (Fsp3) is 0.286. The van der Waals surface area contributed by atoms with Crippen LogP contribution in [0, 0.1) is 0 Å². The molecule has 10 heteroatoms. The van der Waals surface area contributed by atoms with E-state index < -0.39 is 22.1 Å². The molecule has 0 fully saturated rings. The molecule has 2 aromatic rings. The van der Waals surface area contributed by atoms with Crippen LogP contribution in [0.15, 0.2) is 28.8 Å². The Hall–Kier alpha value is -1.75. The van der Waals surface area contributed by atoms with Crippen molar-refractivity contribution in [1.82, 2.24) is 9.71 Å². The van der Waals surface area contributed by atoms with Crippen molar-refractivity contribution in [2.45, 2.75) is 18.2 Å². The number of ether oxygens (including phenoxy) is 1. The van der Waals surface area contributed by atoms with E-state index in [0.717, 1.165) is 0 Å². The van der Waals surface area contributed by atoms with Crippen molar-refractivity contribution < 1.29 is 27.8 Å². The van der Waals surface area contributed by atoms with Gasteiger partial charge in [-0.3, -0.25) is 14.3 Å². The first-order chi connectivity index (χ1) is 11.4. The standard InChI is InChI=1S/C14H15BrN2O6S/c1-8(18)22-14-11(19)13(10-4-2-3-6-16-10)23-12(14)9(15)5-7-17-24(20)21/h2-4,6,9,17,19H,5,7H2,1H3,(H,20,21). The second-order valence-electron chi connectivity index (χ2n) is 4.68. The average molecular weight is 419 g/mol. The van der Waals surface area contributed by atoms with Crippen LogP contribution in [0.4, 0.5) is 0 Å². The molecule has 24 heavy (non-hydrogen) atoms. The van der Waals surface area contributed by atoms with Crippen LogP contribution in [0.5, 0.6) is 11.5 Å². The number of halogens is 1. The molecule has 0 radical (unpaired) electrons. The molecule has 0 aliphatic rings. The number of hydrogen-bond donors (Lipinski definition) is 3. The van der Waals surface area contributed by atoms with Gasteiger partial charge in [0.1, 0.15) is 5.69 Å². The quantitative estimate of drug-likeness (QED) is 0.358. The van der Waals surface area contributed by atoms with Crippen LogP contribution in [0.3, 0.4) is 0 Å². The first-order valence-electron chi connectivity index (χ1n) is 6.84. The normalized spacial score (nSPS) is 13.5. The van der Waals surface area contributed by atoms with E-state index in [-0.39, 0.29) is 29.6 Å². The largest absolute Gasteiger partial charge is 0.502 e. The minimum atomic E-state index is -2.13. The molecule has 0 aliphatic heterocycles. The van der Waals surface area contributed by atoms with Crippen molar-refractivity contribution >= 4 is 33.2 Å². The molecule has 130 valence electrons. The lowest BCUT2D eigenvalue weighted by Crippen LogP contribution is -2.18. The van der Waals surface area contributed by atoms with Crippen LogP contribution in [0.2, 0.25) is 0 Å². The summed E-state index contributed by atoms with van der Waals surface area (Å²) in [5.41, 5.74) is 0.379. The van der Waals surface area contributed by atoms with Crippen molar-refractivity contribution in [3.05, 3.63) is 30.2 Å². The van der Waals surface area contributed by atoms with Crippen LogP contribution in [0.1, 0.15) is 23.9 Å². The van der Waals surface area contributed by atoms with Gasteiger partial charge in [0.05, 0.1) is 4.83 Å². The molecule has 2 aromatic heterocycles. The number of alkyl halides is 1. The predicted molar refractivity (Wildman–Crippen MR) is 90.0 cm³/mol. The topological polar surface area (TPSA) is 122 Å². The zero-order valence-corrected chi connectivity index (χ0v) is 15.0. The van der Waals surface area contributed by atoms with E-state index in [2.05, 4.69) is 25.6 Å². The Labute approximate surface area is 148 Å². The molecule has 2 unspecified atom stereocenters. The number of carbonyl (C=O) groups excluding carboxylic acids is 1. The summed E-state index contributed by atoms with van der Waals surface area (Å²) in [4.78, 5) is 14.9. The van der Waals surface area contributed by atoms with Crippen molar-refractivity contribution in [2.24, 2.45) is 0 Å². The maximum Gasteiger partial charge on any atom is 0.308 e. The third-order valence-corrected chi connectivity index (χ3v) is 4.24. The molecule has 0 saturated heterocycles. The molecule has 0 amide bonds. The number of nitrogens with one attached hydrogen (secondary N) is 1. The van der Waals surface area contributed by atoms with Gasteiger partial charge in [-0.2, -0.15) is 0 Å². The fourth-order valence-electron chi connectivity index (χ4n) is 1.95. The Morgan fingerprint density at radius 3 is 2.88 bits per heavy atom. The van der Waals surface area contributed by atoms with E-state index >= 15 is 0 Å². The smallest absolute Gasteiger partial charge is 0.308 e.